The summed E-state index contributed by atoms with van der Waals surface area (Å²) in [5, 5.41) is 11.2. The van der Waals surface area contributed by atoms with E-state index in [0.29, 0.717) is 17.2 Å². The molecule has 1 unspecified atom stereocenters. The van der Waals surface area contributed by atoms with Gasteiger partial charge in [-0.3, -0.25) is 0 Å². The van der Waals surface area contributed by atoms with E-state index < -0.39 is 5.60 Å². The van der Waals surface area contributed by atoms with Crippen molar-refractivity contribution in [1.29, 1.82) is 0 Å². The molecular weight excluding hydrogens is 260 g/mol. The number of hydrogen-bond donors (Lipinski definition) is 1. The van der Waals surface area contributed by atoms with E-state index in [1.807, 2.05) is 39.0 Å². The first-order valence-corrected chi connectivity index (χ1v) is 6.79. The second kappa shape index (κ2) is 5.98. The van der Waals surface area contributed by atoms with E-state index in [0.717, 1.165) is 12.0 Å². The van der Waals surface area contributed by atoms with Crippen molar-refractivity contribution in [2.45, 2.75) is 39.2 Å². The Morgan fingerprint density at radius 2 is 2.00 bits per heavy atom. The Hall–Kier alpha value is -0.990. The number of rotatable bonds is 5. The van der Waals surface area contributed by atoms with Crippen molar-refractivity contribution < 1.29 is 9.84 Å². The standard InChI is InChI=1S/C16H23ClO2/c1-6-16(18,15(2,3)4)10-9-12-7-8-13(17)14(11-12)19-5/h6-8,11,18H,1,9-10H2,2-5H3. The van der Waals surface area contributed by atoms with Crippen LogP contribution < -0.4 is 4.74 Å². The van der Waals surface area contributed by atoms with Crippen LogP contribution in [0.2, 0.25) is 5.02 Å². The van der Waals surface area contributed by atoms with Crippen LogP contribution in [0.5, 0.6) is 5.75 Å². The molecule has 0 aliphatic heterocycles. The largest absolute Gasteiger partial charge is 0.495 e. The Morgan fingerprint density at radius 3 is 2.47 bits per heavy atom. The van der Waals surface area contributed by atoms with Gasteiger partial charge in [0, 0.05) is 0 Å². The Kier molecular flexibility index (Phi) is 5.05. The zero-order valence-corrected chi connectivity index (χ0v) is 12.9. The summed E-state index contributed by atoms with van der Waals surface area (Å²) in [5.74, 6) is 0.664. The van der Waals surface area contributed by atoms with E-state index >= 15 is 0 Å². The molecule has 3 heteroatoms. The molecule has 1 aromatic rings. The molecule has 0 amide bonds. The molecule has 106 valence electrons. The summed E-state index contributed by atoms with van der Waals surface area (Å²) in [7, 11) is 1.60. The predicted octanol–water partition coefficient (Wildman–Crippen LogP) is 4.24. The summed E-state index contributed by atoms with van der Waals surface area (Å²) in [6.45, 7) is 9.80. The zero-order valence-electron chi connectivity index (χ0n) is 12.2. The second-order valence-electron chi connectivity index (χ2n) is 5.85. The Bertz CT molecular complexity index is 449. The molecule has 1 N–H and O–H groups in total. The molecule has 1 aromatic carbocycles. The van der Waals surface area contributed by atoms with E-state index in [1.54, 1.807) is 13.2 Å². The normalized spacial score (nSPS) is 14.8. The van der Waals surface area contributed by atoms with E-state index in [2.05, 4.69) is 6.58 Å². The highest BCUT2D eigenvalue weighted by Crippen LogP contribution is 2.35. The van der Waals surface area contributed by atoms with Crippen LogP contribution in [0.1, 0.15) is 32.8 Å². The van der Waals surface area contributed by atoms with Crippen LogP contribution in [0, 0.1) is 5.41 Å². The summed E-state index contributed by atoms with van der Waals surface area (Å²) in [6, 6.07) is 5.69. The lowest BCUT2D eigenvalue weighted by molar-refractivity contribution is -0.0201. The Balaban J connectivity index is 2.84. The first-order chi connectivity index (χ1) is 8.73. The molecule has 1 rings (SSSR count). The van der Waals surface area contributed by atoms with Gasteiger partial charge >= 0.3 is 0 Å². The third kappa shape index (κ3) is 3.74. The smallest absolute Gasteiger partial charge is 0.137 e. The van der Waals surface area contributed by atoms with Crippen molar-refractivity contribution in [1.82, 2.24) is 0 Å². The van der Waals surface area contributed by atoms with Gasteiger partial charge in [-0.05, 0) is 36.0 Å². The highest BCUT2D eigenvalue weighted by atomic mass is 35.5. The fraction of sp³-hybridized carbons (Fsp3) is 0.500. The Labute approximate surface area is 121 Å². The number of methoxy groups -OCH3 is 1. The molecule has 0 fully saturated rings. The highest BCUT2D eigenvalue weighted by molar-refractivity contribution is 6.32. The number of aliphatic hydroxyl groups is 1. The maximum absolute atomic E-state index is 10.6. The maximum atomic E-state index is 10.6. The van der Waals surface area contributed by atoms with Crippen LogP contribution in [-0.4, -0.2) is 17.8 Å². The SMILES string of the molecule is C=CC(O)(CCc1ccc(Cl)c(OC)c1)C(C)(C)C. The lowest BCUT2D eigenvalue weighted by Crippen LogP contribution is -2.41. The third-order valence-electron chi connectivity index (χ3n) is 3.65. The molecule has 0 aliphatic rings. The molecule has 0 bridgehead atoms. The summed E-state index contributed by atoms with van der Waals surface area (Å²) in [6.07, 6.45) is 3.00. The van der Waals surface area contributed by atoms with Gasteiger partial charge in [-0.1, -0.05) is 44.5 Å². The van der Waals surface area contributed by atoms with Gasteiger partial charge in [0.25, 0.3) is 0 Å². The van der Waals surface area contributed by atoms with Gasteiger partial charge in [0.05, 0.1) is 17.7 Å². The van der Waals surface area contributed by atoms with Crippen LogP contribution in [0.3, 0.4) is 0 Å². The van der Waals surface area contributed by atoms with Crippen molar-refractivity contribution in [3.8, 4) is 5.75 Å². The number of aryl methyl sites for hydroxylation is 1. The van der Waals surface area contributed by atoms with Gasteiger partial charge in [0.15, 0.2) is 0 Å². The summed E-state index contributed by atoms with van der Waals surface area (Å²) >= 11 is 6.00. The molecule has 0 heterocycles. The van der Waals surface area contributed by atoms with Crippen LogP contribution in [-0.2, 0) is 6.42 Å². The van der Waals surface area contributed by atoms with Gasteiger partial charge in [-0.25, -0.2) is 0 Å². The lowest BCUT2D eigenvalue weighted by Gasteiger charge is -2.38. The topological polar surface area (TPSA) is 29.5 Å². The number of ether oxygens (including phenoxy) is 1. The Morgan fingerprint density at radius 1 is 1.37 bits per heavy atom. The quantitative estimate of drug-likeness (QED) is 0.819. The molecule has 0 saturated carbocycles. The average Bonchev–Trinajstić information content (AvgIpc) is 2.36. The van der Waals surface area contributed by atoms with E-state index in [9.17, 15) is 5.11 Å². The maximum Gasteiger partial charge on any atom is 0.137 e. The molecule has 0 aromatic heterocycles. The lowest BCUT2D eigenvalue weighted by atomic mass is 9.73. The third-order valence-corrected chi connectivity index (χ3v) is 3.96. The van der Waals surface area contributed by atoms with Crippen molar-refractivity contribution in [2.75, 3.05) is 7.11 Å². The molecule has 0 saturated heterocycles. The van der Waals surface area contributed by atoms with Gasteiger partial charge in [-0.15, -0.1) is 6.58 Å². The average molecular weight is 283 g/mol. The van der Waals surface area contributed by atoms with Crippen LogP contribution in [0.15, 0.2) is 30.9 Å². The summed E-state index contributed by atoms with van der Waals surface area (Å²) in [4.78, 5) is 0. The molecule has 1 atom stereocenters. The molecule has 0 spiro atoms. The zero-order chi connectivity index (χ0) is 14.7. The number of halogens is 1. The fourth-order valence-electron chi connectivity index (χ4n) is 1.98. The van der Waals surface area contributed by atoms with Gasteiger partial charge in [0.2, 0.25) is 0 Å². The van der Waals surface area contributed by atoms with Crippen molar-refractivity contribution in [3.05, 3.63) is 41.4 Å². The van der Waals surface area contributed by atoms with Crippen LogP contribution in [0.25, 0.3) is 0 Å². The van der Waals surface area contributed by atoms with Crippen molar-refractivity contribution >= 4 is 11.6 Å². The fourth-order valence-corrected chi connectivity index (χ4v) is 2.17. The van der Waals surface area contributed by atoms with E-state index in [4.69, 9.17) is 16.3 Å². The molecule has 0 radical (unpaired) electrons. The monoisotopic (exact) mass is 282 g/mol. The number of hydrogen-bond acceptors (Lipinski definition) is 2. The number of benzene rings is 1. The van der Waals surface area contributed by atoms with Crippen LogP contribution in [0.4, 0.5) is 0 Å². The van der Waals surface area contributed by atoms with Gasteiger partial charge in [-0.2, -0.15) is 0 Å². The second-order valence-corrected chi connectivity index (χ2v) is 6.25. The van der Waals surface area contributed by atoms with Crippen molar-refractivity contribution in [3.63, 3.8) is 0 Å². The molecule has 2 nitrogen and oxygen atoms in total. The molecular formula is C16H23ClO2. The first-order valence-electron chi connectivity index (χ1n) is 6.42. The molecule has 0 aliphatic carbocycles. The van der Waals surface area contributed by atoms with E-state index in [-0.39, 0.29) is 5.41 Å². The minimum Gasteiger partial charge on any atom is -0.495 e. The van der Waals surface area contributed by atoms with Gasteiger partial charge in [0.1, 0.15) is 5.75 Å². The summed E-state index contributed by atoms with van der Waals surface area (Å²) < 4.78 is 5.20. The van der Waals surface area contributed by atoms with Crippen LogP contribution >= 0.6 is 11.6 Å². The highest BCUT2D eigenvalue weighted by Gasteiger charge is 2.36. The van der Waals surface area contributed by atoms with Crippen molar-refractivity contribution in [2.24, 2.45) is 5.41 Å². The minimum atomic E-state index is -0.889. The molecule has 19 heavy (non-hydrogen) atoms. The summed E-state index contributed by atoms with van der Waals surface area (Å²) in [5.41, 5.74) is -0.0451. The first kappa shape index (κ1) is 16.1. The van der Waals surface area contributed by atoms with Gasteiger partial charge < -0.3 is 9.84 Å². The van der Waals surface area contributed by atoms with E-state index in [1.165, 1.54) is 0 Å². The minimum absolute atomic E-state index is 0.245. The predicted molar refractivity (Wildman–Crippen MR) is 80.9 cm³/mol.